The summed E-state index contributed by atoms with van der Waals surface area (Å²) < 4.78 is 0. The van der Waals surface area contributed by atoms with Gasteiger partial charge in [-0.2, -0.15) is 0 Å². The van der Waals surface area contributed by atoms with Gasteiger partial charge >= 0.3 is 37.7 Å². The summed E-state index contributed by atoms with van der Waals surface area (Å²) in [6, 6.07) is 16.7. The van der Waals surface area contributed by atoms with Gasteiger partial charge in [-0.05, 0) is 10.8 Å². The van der Waals surface area contributed by atoms with Crippen molar-refractivity contribution in [1.82, 2.24) is 0 Å². The summed E-state index contributed by atoms with van der Waals surface area (Å²) in [5, 5.41) is 2.62. The first kappa shape index (κ1) is 11.9. The fraction of sp³-hybridized carbons (Fsp3) is 0. The van der Waals surface area contributed by atoms with Crippen LogP contribution in [0.15, 0.2) is 48.5 Å². The molecule has 0 aromatic heterocycles. The Labute approximate surface area is 96.7 Å². The summed E-state index contributed by atoms with van der Waals surface area (Å²) in [7, 11) is 0. The minimum atomic E-state index is 0. The maximum absolute atomic E-state index is 2.12. The predicted molar refractivity (Wildman–Crippen MR) is 58.2 cm³/mol. The van der Waals surface area contributed by atoms with Crippen LogP contribution < -0.4 is 0 Å². The van der Waals surface area contributed by atoms with E-state index in [2.05, 4.69) is 48.5 Å². The third-order valence-electron chi connectivity index (χ3n) is 1.66. The predicted octanol–water partition coefficient (Wildman–Crippen LogP) is 1.54. The van der Waals surface area contributed by atoms with E-state index in [4.69, 9.17) is 0 Å². The molecular weight excluding hydrogens is 134 g/mol. The van der Waals surface area contributed by atoms with Crippen molar-refractivity contribution in [3.05, 3.63) is 48.5 Å². The topological polar surface area (TPSA) is 0 Å². The van der Waals surface area contributed by atoms with Gasteiger partial charge in [0, 0.05) is 0 Å². The molecule has 0 spiro atoms. The molecule has 0 aliphatic rings. The molecule has 0 atom stereocenters. The van der Waals surface area contributed by atoms with Crippen molar-refractivity contribution < 1.29 is 0 Å². The average molecular weight is 144 g/mol. The Hall–Kier alpha value is -0.105. The molecule has 0 aliphatic carbocycles. The number of hydrogen-bond acceptors (Lipinski definition) is 0. The molecule has 12 heavy (non-hydrogen) atoms. The Balaban J connectivity index is 0.000000605. The quantitative estimate of drug-likeness (QED) is 0.492. The van der Waals surface area contributed by atoms with Crippen molar-refractivity contribution in [3.8, 4) is 0 Å². The number of rotatable bonds is 0. The summed E-state index contributed by atoms with van der Waals surface area (Å²) in [6.07, 6.45) is 0. The number of fused-ring (bicyclic) bond motifs is 1. The Morgan fingerprint density at radius 1 is 0.500 bits per heavy atom. The first-order chi connectivity index (χ1) is 4.97. The number of benzene rings is 2. The molecule has 0 nitrogen and oxygen atoms in total. The molecule has 2 aromatic rings. The molecule has 0 amide bonds. The number of hydrogen-bond donors (Lipinski definition) is 0. The Morgan fingerprint density at radius 2 is 0.750 bits per heavy atom. The molecule has 0 fully saturated rings. The van der Waals surface area contributed by atoms with Crippen molar-refractivity contribution in [1.29, 1.82) is 0 Å². The molecular formula is C10H10Li2. The largest absolute Gasteiger partial charge is 0.0616 e. The minimum absolute atomic E-state index is 0. The third kappa shape index (κ3) is 2.44. The van der Waals surface area contributed by atoms with Crippen LogP contribution in [0.1, 0.15) is 0 Å². The zero-order valence-corrected chi connectivity index (χ0v) is 5.62. The van der Waals surface area contributed by atoms with E-state index in [1.807, 2.05) is 0 Å². The Morgan fingerprint density at radius 3 is 1.00 bits per heavy atom. The standard InChI is InChI=1S/C10H8.2Li.2H/c1-2-6-10-8-4-3-7-9(10)5-1;;;;/h1-8H;;;;. The SMILES string of the molecule is [LiH].[LiH].c1ccc2ccccc2c1. The van der Waals surface area contributed by atoms with Gasteiger partial charge in [-0.15, -0.1) is 0 Å². The van der Waals surface area contributed by atoms with E-state index in [1.54, 1.807) is 0 Å². The van der Waals surface area contributed by atoms with Crippen LogP contribution in [-0.2, 0) is 0 Å². The molecule has 2 aromatic carbocycles. The molecule has 0 bridgehead atoms. The van der Waals surface area contributed by atoms with Gasteiger partial charge in [0.05, 0.1) is 0 Å². The van der Waals surface area contributed by atoms with Crippen molar-refractivity contribution >= 4 is 48.5 Å². The summed E-state index contributed by atoms with van der Waals surface area (Å²) in [6.45, 7) is 0. The maximum atomic E-state index is 2.12. The molecule has 2 heteroatoms. The van der Waals surface area contributed by atoms with E-state index in [9.17, 15) is 0 Å². The third-order valence-corrected chi connectivity index (χ3v) is 1.66. The van der Waals surface area contributed by atoms with Gasteiger partial charge in [-0.1, -0.05) is 48.5 Å². The van der Waals surface area contributed by atoms with Crippen LogP contribution in [-0.4, -0.2) is 37.7 Å². The van der Waals surface area contributed by atoms with Gasteiger partial charge < -0.3 is 0 Å². The first-order valence-electron chi connectivity index (χ1n) is 3.40. The van der Waals surface area contributed by atoms with E-state index in [0.29, 0.717) is 0 Å². The normalized spacial score (nSPS) is 8.33. The van der Waals surface area contributed by atoms with E-state index in [0.717, 1.165) is 0 Å². The van der Waals surface area contributed by atoms with Crippen molar-refractivity contribution in [2.75, 3.05) is 0 Å². The van der Waals surface area contributed by atoms with Crippen LogP contribution >= 0.6 is 0 Å². The molecule has 0 radical (unpaired) electrons. The summed E-state index contributed by atoms with van der Waals surface area (Å²) in [4.78, 5) is 0. The van der Waals surface area contributed by atoms with Crippen molar-refractivity contribution in [2.24, 2.45) is 0 Å². The molecule has 52 valence electrons. The van der Waals surface area contributed by atoms with Gasteiger partial charge in [0.25, 0.3) is 0 Å². The van der Waals surface area contributed by atoms with E-state index < -0.39 is 0 Å². The maximum Gasteiger partial charge on any atom is -0.0184 e. The molecule has 2 rings (SSSR count). The Bertz CT molecular complexity index is 279. The molecule has 0 heterocycles. The van der Waals surface area contributed by atoms with Crippen LogP contribution in [0.2, 0.25) is 0 Å². The summed E-state index contributed by atoms with van der Waals surface area (Å²) >= 11 is 0. The monoisotopic (exact) mass is 144 g/mol. The second-order valence-electron chi connectivity index (χ2n) is 2.35. The van der Waals surface area contributed by atoms with Crippen LogP contribution in [0.5, 0.6) is 0 Å². The van der Waals surface area contributed by atoms with Gasteiger partial charge in [-0.3, -0.25) is 0 Å². The van der Waals surface area contributed by atoms with Crippen molar-refractivity contribution in [2.45, 2.75) is 0 Å². The van der Waals surface area contributed by atoms with E-state index >= 15 is 0 Å². The average Bonchev–Trinajstić information content (AvgIpc) is 2.05. The summed E-state index contributed by atoms with van der Waals surface area (Å²) in [5.41, 5.74) is 0. The second-order valence-corrected chi connectivity index (χ2v) is 2.35. The first-order valence-corrected chi connectivity index (χ1v) is 3.40. The molecule has 0 unspecified atom stereocenters. The fourth-order valence-electron chi connectivity index (χ4n) is 1.13. The van der Waals surface area contributed by atoms with Crippen LogP contribution in [0.4, 0.5) is 0 Å². The molecule has 0 N–H and O–H groups in total. The van der Waals surface area contributed by atoms with Gasteiger partial charge in [-0.25, -0.2) is 0 Å². The van der Waals surface area contributed by atoms with Gasteiger partial charge in [0.1, 0.15) is 0 Å². The van der Waals surface area contributed by atoms with E-state index in [-0.39, 0.29) is 37.7 Å². The second kappa shape index (κ2) is 5.52. The van der Waals surface area contributed by atoms with E-state index in [1.165, 1.54) is 10.8 Å². The Kier molecular flexibility index (Phi) is 5.48. The zero-order valence-electron chi connectivity index (χ0n) is 5.62. The summed E-state index contributed by atoms with van der Waals surface area (Å²) in [5.74, 6) is 0. The molecule has 0 saturated carbocycles. The van der Waals surface area contributed by atoms with Gasteiger partial charge in [0.15, 0.2) is 0 Å². The molecule has 0 saturated heterocycles. The van der Waals surface area contributed by atoms with Crippen molar-refractivity contribution in [3.63, 3.8) is 0 Å². The fourth-order valence-corrected chi connectivity index (χ4v) is 1.13. The van der Waals surface area contributed by atoms with Gasteiger partial charge in [0.2, 0.25) is 0 Å². The molecule has 0 aliphatic heterocycles. The smallest absolute Gasteiger partial charge is 0.0184 e. The minimum Gasteiger partial charge on any atom is -0.0616 e. The van der Waals surface area contributed by atoms with Crippen LogP contribution in [0.25, 0.3) is 10.8 Å². The zero-order chi connectivity index (χ0) is 6.81. The van der Waals surface area contributed by atoms with Crippen LogP contribution in [0.3, 0.4) is 0 Å². The van der Waals surface area contributed by atoms with Crippen LogP contribution in [0, 0.1) is 0 Å².